The van der Waals surface area contributed by atoms with Gasteiger partial charge in [0, 0.05) is 11.8 Å². The van der Waals surface area contributed by atoms with Crippen molar-refractivity contribution in [2.24, 2.45) is 0 Å². The minimum atomic E-state index is -3.36. The summed E-state index contributed by atoms with van der Waals surface area (Å²) >= 11 is 2.13. The zero-order valence-corrected chi connectivity index (χ0v) is 10.2. The molecule has 1 aromatic heterocycles. The Morgan fingerprint density at radius 3 is 2.53 bits per heavy atom. The Hall–Kier alpha value is -1.27. The third kappa shape index (κ3) is 2.70. The van der Waals surface area contributed by atoms with Crippen LogP contribution in [0.1, 0.15) is 11.7 Å². The van der Waals surface area contributed by atoms with E-state index in [1.165, 1.54) is 17.1 Å². The van der Waals surface area contributed by atoms with Crippen LogP contribution in [-0.2, 0) is 0 Å². The lowest BCUT2D eigenvalue weighted by molar-refractivity contribution is -0.0294. The van der Waals surface area contributed by atoms with Crippen molar-refractivity contribution in [3.63, 3.8) is 0 Å². The second kappa shape index (κ2) is 4.54. The van der Waals surface area contributed by atoms with Gasteiger partial charge >= 0.3 is 4.83 Å². The van der Waals surface area contributed by atoms with Crippen molar-refractivity contribution in [2.45, 2.75) is 10.9 Å². The molecule has 1 N–H and O–H groups in total. The van der Waals surface area contributed by atoms with Crippen LogP contribution in [0, 0.1) is 0 Å². The Bertz CT molecular complexity index is 496. The molecule has 6 heteroatoms. The SMILES string of the molecule is OC(c1cnn(-c2ccccc2)c1)C(F)(F)Br. The number of aromatic nitrogens is 2. The number of aliphatic hydroxyl groups excluding tert-OH is 1. The summed E-state index contributed by atoms with van der Waals surface area (Å²) in [6.07, 6.45) is 0.669. The summed E-state index contributed by atoms with van der Waals surface area (Å²) < 4.78 is 27.1. The fourth-order valence-electron chi connectivity index (χ4n) is 1.39. The highest BCUT2D eigenvalue weighted by Gasteiger charge is 2.36. The molecule has 1 unspecified atom stereocenters. The van der Waals surface area contributed by atoms with Gasteiger partial charge in [-0.25, -0.2) is 4.68 Å². The van der Waals surface area contributed by atoms with Crippen LogP contribution in [0.4, 0.5) is 8.78 Å². The smallest absolute Gasteiger partial charge is 0.330 e. The van der Waals surface area contributed by atoms with Gasteiger partial charge in [0.05, 0.1) is 11.9 Å². The molecule has 0 amide bonds. The molecule has 2 rings (SSSR count). The number of hydrogen-bond donors (Lipinski definition) is 1. The van der Waals surface area contributed by atoms with E-state index in [0.29, 0.717) is 0 Å². The zero-order chi connectivity index (χ0) is 12.5. The van der Waals surface area contributed by atoms with E-state index >= 15 is 0 Å². The fraction of sp³-hybridized carbons (Fsp3) is 0.182. The molecule has 3 nitrogen and oxygen atoms in total. The first-order valence-corrected chi connectivity index (χ1v) is 5.62. The topological polar surface area (TPSA) is 38.1 Å². The van der Waals surface area contributed by atoms with E-state index in [1.54, 1.807) is 12.1 Å². The summed E-state index contributed by atoms with van der Waals surface area (Å²) in [6, 6.07) is 9.04. The average Bonchev–Trinajstić information content (AvgIpc) is 2.77. The molecule has 0 saturated carbocycles. The lowest BCUT2D eigenvalue weighted by Crippen LogP contribution is -2.17. The first-order valence-electron chi connectivity index (χ1n) is 4.83. The maximum Gasteiger partial charge on any atom is 0.330 e. The highest BCUT2D eigenvalue weighted by molar-refractivity contribution is 9.10. The van der Waals surface area contributed by atoms with Gasteiger partial charge in [-0.05, 0) is 28.1 Å². The first-order chi connectivity index (χ1) is 7.98. The van der Waals surface area contributed by atoms with E-state index in [0.717, 1.165) is 5.69 Å². The second-order valence-corrected chi connectivity index (χ2v) is 4.56. The van der Waals surface area contributed by atoms with Gasteiger partial charge in [-0.2, -0.15) is 13.9 Å². The van der Waals surface area contributed by atoms with E-state index in [1.807, 2.05) is 18.2 Å². The molecule has 1 heterocycles. The number of para-hydroxylation sites is 1. The molecule has 0 aliphatic carbocycles. The van der Waals surface area contributed by atoms with Crippen molar-refractivity contribution in [3.05, 3.63) is 48.3 Å². The van der Waals surface area contributed by atoms with Gasteiger partial charge in [0.25, 0.3) is 0 Å². The molecule has 0 aliphatic rings. The number of benzene rings is 1. The van der Waals surface area contributed by atoms with Crippen LogP contribution in [0.3, 0.4) is 0 Å². The highest BCUT2D eigenvalue weighted by Crippen LogP contribution is 2.36. The lowest BCUT2D eigenvalue weighted by Gasteiger charge is -2.14. The second-order valence-electron chi connectivity index (χ2n) is 3.50. The quantitative estimate of drug-likeness (QED) is 0.885. The molecule has 0 aliphatic heterocycles. The molecule has 2 aromatic rings. The number of nitrogens with zero attached hydrogens (tertiary/aromatic N) is 2. The molecule has 0 bridgehead atoms. The molecule has 1 aromatic carbocycles. The van der Waals surface area contributed by atoms with Gasteiger partial charge in [-0.1, -0.05) is 18.2 Å². The Morgan fingerprint density at radius 2 is 1.94 bits per heavy atom. The van der Waals surface area contributed by atoms with Gasteiger partial charge in [0.1, 0.15) is 0 Å². The van der Waals surface area contributed by atoms with Crippen molar-refractivity contribution < 1.29 is 13.9 Å². The van der Waals surface area contributed by atoms with Crippen LogP contribution < -0.4 is 0 Å². The van der Waals surface area contributed by atoms with Crippen molar-refractivity contribution in [1.82, 2.24) is 9.78 Å². The van der Waals surface area contributed by atoms with Gasteiger partial charge in [-0.15, -0.1) is 0 Å². The van der Waals surface area contributed by atoms with Crippen LogP contribution in [0.5, 0.6) is 0 Å². The zero-order valence-electron chi connectivity index (χ0n) is 8.59. The normalized spacial score (nSPS) is 13.6. The molecule has 1 atom stereocenters. The summed E-state index contributed by atoms with van der Waals surface area (Å²) in [6.45, 7) is 0. The first kappa shape index (κ1) is 12.2. The molecule has 0 fully saturated rings. The predicted octanol–water partition coefficient (Wildman–Crippen LogP) is 2.89. The third-order valence-corrected chi connectivity index (χ3v) is 2.68. The Morgan fingerprint density at radius 1 is 1.29 bits per heavy atom. The monoisotopic (exact) mass is 302 g/mol. The number of alkyl halides is 3. The molecular formula is C11H9BrF2N2O. The Balaban J connectivity index is 2.28. The maximum atomic E-state index is 12.8. The maximum absolute atomic E-state index is 12.8. The molecule has 17 heavy (non-hydrogen) atoms. The van der Waals surface area contributed by atoms with Crippen LogP contribution in [0.2, 0.25) is 0 Å². The summed E-state index contributed by atoms with van der Waals surface area (Å²) in [7, 11) is 0. The van der Waals surface area contributed by atoms with Gasteiger partial charge in [0.15, 0.2) is 6.10 Å². The van der Waals surface area contributed by atoms with E-state index < -0.39 is 10.9 Å². The Kier molecular flexibility index (Phi) is 3.26. The number of halogens is 3. The predicted molar refractivity (Wildman–Crippen MR) is 62.4 cm³/mol. The third-order valence-electron chi connectivity index (χ3n) is 2.25. The molecule has 0 radical (unpaired) electrons. The van der Waals surface area contributed by atoms with Crippen LogP contribution >= 0.6 is 15.9 Å². The molecule has 90 valence electrons. The summed E-state index contributed by atoms with van der Waals surface area (Å²) in [5, 5.41) is 13.3. The molecule has 0 saturated heterocycles. The van der Waals surface area contributed by atoms with E-state index in [9.17, 15) is 13.9 Å². The van der Waals surface area contributed by atoms with Gasteiger partial charge in [-0.3, -0.25) is 0 Å². The summed E-state index contributed by atoms with van der Waals surface area (Å²) in [4.78, 5) is -3.36. The van der Waals surface area contributed by atoms with Gasteiger partial charge in [0.2, 0.25) is 0 Å². The van der Waals surface area contributed by atoms with Gasteiger partial charge < -0.3 is 5.11 Å². The molecule has 0 spiro atoms. The minimum absolute atomic E-state index is 0.0516. The van der Waals surface area contributed by atoms with E-state index in [2.05, 4.69) is 21.0 Å². The Labute approximate surface area is 105 Å². The summed E-state index contributed by atoms with van der Waals surface area (Å²) in [5.41, 5.74) is 0.791. The van der Waals surface area contributed by atoms with Crippen molar-refractivity contribution in [1.29, 1.82) is 0 Å². The minimum Gasteiger partial charge on any atom is -0.381 e. The van der Waals surface area contributed by atoms with E-state index in [-0.39, 0.29) is 5.56 Å². The number of aliphatic hydroxyl groups is 1. The van der Waals surface area contributed by atoms with Crippen molar-refractivity contribution in [2.75, 3.05) is 0 Å². The van der Waals surface area contributed by atoms with Crippen molar-refractivity contribution >= 4 is 15.9 Å². The lowest BCUT2D eigenvalue weighted by atomic mass is 10.2. The van der Waals surface area contributed by atoms with Crippen LogP contribution in [-0.4, -0.2) is 19.7 Å². The largest absolute Gasteiger partial charge is 0.381 e. The standard InChI is InChI=1S/C11H9BrF2N2O/c12-11(13,14)10(17)8-6-15-16(7-8)9-4-2-1-3-5-9/h1-7,10,17H. The number of rotatable bonds is 3. The van der Waals surface area contributed by atoms with Crippen molar-refractivity contribution in [3.8, 4) is 5.69 Å². The molecular weight excluding hydrogens is 294 g/mol. The van der Waals surface area contributed by atoms with Crippen LogP contribution in [0.25, 0.3) is 5.69 Å². The highest BCUT2D eigenvalue weighted by atomic mass is 79.9. The average molecular weight is 303 g/mol. The van der Waals surface area contributed by atoms with E-state index in [4.69, 9.17) is 0 Å². The number of hydrogen-bond acceptors (Lipinski definition) is 2. The fourth-order valence-corrected chi connectivity index (χ4v) is 1.65. The summed E-state index contributed by atoms with van der Waals surface area (Å²) in [5.74, 6) is 0. The van der Waals surface area contributed by atoms with Crippen LogP contribution in [0.15, 0.2) is 42.7 Å².